The Hall–Kier alpha value is -3.82. The number of amides is 1. The van der Waals surface area contributed by atoms with Crippen LogP contribution in [0.1, 0.15) is 22.3 Å². The topological polar surface area (TPSA) is 80.3 Å². The third kappa shape index (κ3) is 3.16. The average molecular weight is 450 g/mol. The van der Waals surface area contributed by atoms with E-state index in [9.17, 15) is 9.18 Å². The molecule has 4 aromatic rings. The van der Waals surface area contributed by atoms with E-state index in [2.05, 4.69) is 15.2 Å². The standard InChI is InChI=1S/C23H20F2N6O2/c1-13-2-4-17(31-26-7-8-27-31)20(21(13)25)22(32)29-9-6-14-11-30(18(14)12-29)23-28-16-10-15(24)3-5-19(16)33-23/h2-5,7-8,10,14,18H,6,9,11-12H2,1H3/t14?,18-/m1/s1. The van der Waals surface area contributed by atoms with Gasteiger partial charge in [-0.15, -0.1) is 0 Å². The molecule has 33 heavy (non-hydrogen) atoms. The molecule has 0 aliphatic carbocycles. The first-order valence-electron chi connectivity index (χ1n) is 10.8. The van der Waals surface area contributed by atoms with Crippen LogP contribution >= 0.6 is 0 Å². The molecule has 2 aliphatic rings. The lowest BCUT2D eigenvalue weighted by molar-refractivity contribution is 0.0578. The van der Waals surface area contributed by atoms with Gasteiger partial charge in [0.05, 0.1) is 18.4 Å². The molecule has 10 heteroatoms. The average Bonchev–Trinajstić information content (AvgIpc) is 3.45. The Labute approximate surface area is 187 Å². The minimum absolute atomic E-state index is 0.000224. The molecule has 0 N–H and O–H groups in total. The van der Waals surface area contributed by atoms with E-state index in [-0.39, 0.29) is 17.4 Å². The normalized spacial score (nSPS) is 20.1. The molecule has 2 aromatic carbocycles. The fourth-order valence-corrected chi connectivity index (χ4v) is 4.75. The molecule has 2 aromatic heterocycles. The maximum absolute atomic E-state index is 15.2. The molecular formula is C23H20F2N6O2. The monoisotopic (exact) mass is 450 g/mol. The highest BCUT2D eigenvalue weighted by molar-refractivity contribution is 5.98. The van der Waals surface area contributed by atoms with E-state index in [1.807, 2.05) is 4.90 Å². The van der Waals surface area contributed by atoms with Crippen LogP contribution in [0.5, 0.6) is 0 Å². The summed E-state index contributed by atoms with van der Waals surface area (Å²) in [5.41, 5.74) is 1.62. The number of anilines is 1. The molecule has 8 nitrogen and oxygen atoms in total. The predicted molar refractivity (Wildman–Crippen MR) is 115 cm³/mol. The van der Waals surface area contributed by atoms with Gasteiger partial charge in [-0.3, -0.25) is 4.79 Å². The number of likely N-dealkylation sites (tertiary alicyclic amines) is 1. The Bertz CT molecular complexity index is 1370. The zero-order valence-electron chi connectivity index (χ0n) is 17.8. The molecule has 0 bridgehead atoms. The molecule has 1 unspecified atom stereocenters. The lowest BCUT2D eigenvalue weighted by Crippen LogP contribution is -2.65. The van der Waals surface area contributed by atoms with Crippen molar-refractivity contribution in [3.63, 3.8) is 0 Å². The number of rotatable bonds is 3. The Balaban J connectivity index is 1.29. The number of fused-ring (bicyclic) bond motifs is 2. The number of benzene rings is 2. The lowest BCUT2D eigenvalue weighted by atomic mass is 9.82. The van der Waals surface area contributed by atoms with Crippen LogP contribution in [-0.4, -0.2) is 56.5 Å². The minimum atomic E-state index is -0.566. The van der Waals surface area contributed by atoms with Crippen LogP contribution < -0.4 is 4.90 Å². The van der Waals surface area contributed by atoms with Crippen molar-refractivity contribution in [2.75, 3.05) is 24.5 Å². The SMILES string of the molecule is Cc1ccc(-n2nccn2)c(C(=O)N2CCC3CN(c4nc5cc(F)ccc5o4)[C@@H]3C2)c1F. The number of nitrogens with zero attached hydrogens (tertiary/aromatic N) is 6. The third-order valence-electron chi connectivity index (χ3n) is 6.59. The second-order valence-corrected chi connectivity index (χ2v) is 8.54. The number of piperidine rings is 1. The molecule has 2 aliphatic heterocycles. The van der Waals surface area contributed by atoms with E-state index < -0.39 is 11.7 Å². The predicted octanol–water partition coefficient (Wildman–Crippen LogP) is 3.35. The lowest BCUT2D eigenvalue weighted by Gasteiger charge is -2.52. The summed E-state index contributed by atoms with van der Waals surface area (Å²) in [4.78, 5) is 22.8. The fraction of sp³-hybridized carbons (Fsp3) is 0.304. The first-order chi connectivity index (χ1) is 16.0. The van der Waals surface area contributed by atoms with Crippen molar-refractivity contribution in [1.29, 1.82) is 0 Å². The summed E-state index contributed by atoms with van der Waals surface area (Å²) in [5, 5.41) is 8.15. The van der Waals surface area contributed by atoms with Crippen LogP contribution in [0.4, 0.5) is 14.8 Å². The molecule has 2 atom stereocenters. The van der Waals surface area contributed by atoms with E-state index in [4.69, 9.17) is 4.42 Å². The number of hydrogen-bond donors (Lipinski definition) is 0. The summed E-state index contributed by atoms with van der Waals surface area (Å²) in [6, 6.07) is 7.91. The Morgan fingerprint density at radius 3 is 2.76 bits per heavy atom. The number of aromatic nitrogens is 4. The van der Waals surface area contributed by atoms with Gasteiger partial charge in [-0.05, 0) is 37.1 Å². The van der Waals surface area contributed by atoms with E-state index in [1.54, 1.807) is 30.0 Å². The van der Waals surface area contributed by atoms with Gasteiger partial charge in [-0.1, -0.05) is 6.07 Å². The van der Waals surface area contributed by atoms with Crippen molar-refractivity contribution in [2.45, 2.75) is 19.4 Å². The van der Waals surface area contributed by atoms with E-state index in [1.165, 1.54) is 29.3 Å². The minimum Gasteiger partial charge on any atom is -0.423 e. The van der Waals surface area contributed by atoms with Crippen molar-refractivity contribution in [1.82, 2.24) is 24.9 Å². The quantitative estimate of drug-likeness (QED) is 0.476. The summed E-state index contributed by atoms with van der Waals surface area (Å²) in [7, 11) is 0. The van der Waals surface area contributed by atoms with Crippen molar-refractivity contribution in [3.05, 3.63) is 65.5 Å². The molecule has 168 valence electrons. The van der Waals surface area contributed by atoms with Crippen LogP contribution in [0, 0.1) is 24.5 Å². The number of oxazole rings is 1. The van der Waals surface area contributed by atoms with Gasteiger partial charge < -0.3 is 14.2 Å². The number of halogens is 2. The van der Waals surface area contributed by atoms with E-state index >= 15 is 4.39 Å². The van der Waals surface area contributed by atoms with Gasteiger partial charge in [-0.25, -0.2) is 8.78 Å². The van der Waals surface area contributed by atoms with Gasteiger partial charge in [0.25, 0.3) is 11.9 Å². The van der Waals surface area contributed by atoms with E-state index in [0.29, 0.717) is 47.4 Å². The van der Waals surface area contributed by atoms with Gasteiger partial charge in [0, 0.05) is 31.6 Å². The van der Waals surface area contributed by atoms with Crippen molar-refractivity contribution in [3.8, 4) is 5.69 Å². The second-order valence-electron chi connectivity index (χ2n) is 8.54. The first-order valence-corrected chi connectivity index (χ1v) is 10.8. The van der Waals surface area contributed by atoms with Crippen LogP contribution in [0.2, 0.25) is 0 Å². The van der Waals surface area contributed by atoms with E-state index in [0.717, 1.165) is 13.0 Å². The highest BCUT2D eigenvalue weighted by atomic mass is 19.1. The van der Waals surface area contributed by atoms with Gasteiger partial charge in [-0.2, -0.15) is 20.0 Å². The maximum Gasteiger partial charge on any atom is 0.298 e. The van der Waals surface area contributed by atoms with Crippen LogP contribution in [0.25, 0.3) is 16.8 Å². The maximum atomic E-state index is 15.2. The summed E-state index contributed by atoms with van der Waals surface area (Å²) >= 11 is 0. The number of carbonyl (C=O) groups is 1. The fourth-order valence-electron chi connectivity index (χ4n) is 4.75. The number of hydrogen-bond acceptors (Lipinski definition) is 6. The summed E-state index contributed by atoms with van der Waals surface area (Å²) in [6.07, 6.45) is 3.76. The number of aryl methyl sites for hydroxylation is 1. The second kappa shape index (κ2) is 7.36. The molecule has 0 radical (unpaired) electrons. The molecule has 1 amide bonds. The van der Waals surface area contributed by atoms with Crippen LogP contribution in [0.15, 0.2) is 47.1 Å². The molecule has 2 fully saturated rings. The number of carbonyl (C=O) groups excluding carboxylic acids is 1. The largest absolute Gasteiger partial charge is 0.423 e. The molecular weight excluding hydrogens is 430 g/mol. The van der Waals surface area contributed by atoms with Crippen molar-refractivity contribution >= 4 is 23.0 Å². The Kier molecular flexibility index (Phi) is 4.42. The molecule has 6 rings (SSSR count). The summed E-state index contributed by atoms with van der Waals surface area (Å²) < 4.78 is 34.5. The molecule has 0 spiro atoms. The molecule has 0 saturated carbocycles. The van der Waals surface area contributed by atoms with Crippen molar-refractivity contribution in [2.24, 2.45) is 5.92 Å². The van der Waals surface area contributed by atoms with Gasteiger partial charge in [0.1, 0.15) is 28.4 Å². The molecule has 2 saturated heterocycles. The zero-order valence-corrected chi connectivity index (χ0v) is 17.8. The highest BCUT2D eigenvalue weighted by Crippen LogP contribution is 2.38. The first kappa shape index (κ1) is 19.8. The smallest absolute Gasteiger partial charge is 0.298 e. The Morgan fingerprint density at radius 2 is 1.94 bits per heavy atom. The summed E-state index contributed by atoms with van der Waals surface area (Å²) in [6.45, 7) is 3.33. The van der Waals surface area contributed by atoms with Gasteiger partial charge >= 0.3 is 0 Å². The van der Waals surface area contributed by atoms with Crippen molar-refractivity contribution < 1.29 is 18.0 Å². The summed E-state index contributed by atoms with van der Waals surface area (Å²) in [5.74, 6) is -0.951. The van der Waals surface area contributed by atoms with Gasteiger partial charge in [0.15, 0.2) is 5.58 Å². The zero-order chi connectivity index (χ0) is 22.7. The third-order valence-corrected chi connectivity index (χ3v) is 6.59. The van der Waals surface area contributed by atoms with Gasteiger partial charge in [0.2, 0.25) is 0 Å². The Morgan fingerprint density at radius 1 is 1.12 bits per heavy atom. The molecule has 4 heterocycles. The highest BCUT2D eigenvalue weighted by Gasteiger charge is 2.46. The van der Waals surface area contributed by atoms with Crippen LogP contribution in [-0.2, 0) is 0 Å². The van der Waals surface area contributed by atoms with Crippen LogP contribution in [0.3, 0.4) is 0 Å².